The standard InChI is InChI=1S/C16H26N2O/c1-4-16(2)13-18(11-10-17-16)15-8-6-5-7-14(15)9-12-19-3/h5-8,17H,4,9-13H2,1-3H3. The third-order valence-corrected chi connectivity index (χ3v) is 4.16. The van der Waals surface area contributed by atoms with Crippen LogP contribution in [0.1, 0.15) is 25.8 Å². The number of hydrogen-bond acceptors (Lipinski definition) is 3. The van der Waals surface area contributed by atoms with E-state index >= 15 is 0 Å². The molecule has 0 amide bonds. The SMILES string of the molecule is CCC1(C)CN(c2ccccc2CCOC)CCN1. The third kappa shape index (κ3) is 3.48. The number of nitrogens with zero attached hydrogens (tertiary/aromatic N) is 1. The van der Waals surface area contributed by atoms with Gasteiger partial charge in [0, 0.05) is 38.0 Å². The zero-order chi connectivity index (χ0) is 13.7. The first-order valence-electron chi connectivity index (χ1n) is 7.25. The van der Waals surface area contributed by atoms with E-state index in [4.69, 9.17) is 4.74 Å². The van der Waals surface area contributed by atoms with Crippen LogP contribution in [0.3, 0.4) is 0 Å². The summed E-state index contributed by atoms with van der Waals surface area (Å²) in [6.45, 7) is 8.58. The minimum absolute atomic E-state index is 0.229. The molecule has 0 saturated carbocycles. The summed E-state index contributed by atoms with van der Waals surface area (Å²) in [6.07, 6.45) is 2.14. The van der Waals surface area contributed by atoms with Crippen molar-refractivity contribution in [1.29, 1.82) is 0 Å². The molecule has 1 N–H and O–H groups in total. The molecule has 1 fully saturated rings. The number of hydrogen-bond donors (Lipinski definition) is 1. The Hall–Kier alpha value is -1.06. The molecule has 1 atom stereocenters. The maximum atomic E-state index is 5.22. The van der Waals surface area contributed by atoms with Gasteiger partial charge in [0.15, 0.2) is 0 Å². The van der Waals surface area contributed by atoms with Crippen LogP contribution >= 0.6 is 0 Å². The van der Waals surface area contributed by atoms with Crippen molar-refractivity contribution in [2.45, 2.75) is 32.2 Å². The van der Waals surface area contributed by atoms with E-state index in [9.17, 15) is 0 Å². The maximum absolute atomic E-state index is 5.22. The summed E-state index contributed by atoms with van der Waals surface area (Å²) in [4.78, 5) is 2.52. The minimum atomic E-state index is 0.229. The van der Waals surface area contributed by atoms with Crippen molar-refractivity contribution in [3.05, 3.63) is 29.8 Å². The molecule has 1 unspecified atom stereocenters. The number of rotatable bonds is 5. The van der Waals surface area contributed by atoms with E-state index in [2.05, 4.69) is 48.3 Å². The van der Waals surface area contributed by atoms with Gasteiger partial charge in [-0.25, -0.2) is 0 Å². The van der Waals surface area contributed by atoms with Crippen molar-refractivity contribution in [1.82, 2.24) is 5.32 Å². The van der Waals surface area contributed by atoms with Crippen LogP contribution in [0.25, 0.3) is 0 Å². The lowest BCUT2D eigenvalue weighted by atomic mass is 9.95. The molecule has 0 spiro atoms. The summed E-state index contributed by atoms with van der Waals surface area (Å²) in [5, 5.41) is 3.64. The predicted molar refractivity (Wildman–Crippen MR) is 80.9 cm³/mol. The number of benzene rings is 1. The van der Waals surface area contributed by atoms with Gasteiger partial charge in [-0.1, -0.05) is 25.1 Å². The van der Waals surface area contributed by atoms with E-state index in [1.54, 1.807) is 7.11 Å². The average molecular weight is 262 g/mol. The second-order valence-electron chi connectivity index (χ2n) is 5.63. The van der Waals surface area contributed by atoms with Crippen LogP contribution in [0, 0.1) is 0 Å². The molecule has 1 aromatic rings. The van der Waals surface area contributed by atoms with Crippen LogP contribution in [0.4, 0.5) is 5.69 Å². The Labute approximate surface area is 116 Å². The Kier molecular flexibility index (Phi) is 4.83. The molecule has 19 heavy (non-hydrogen) atoms. The van der Waals surface area contributed by atoms with Gasteiger partial charge in [0.1, 0.15) is 0 Å². The van der Waals surface area contributed by atoms with Gasteiger partial charge in [-0.05, 0) is 31.4 Å². The Morgan fingerprint density at radius 3 is 2.89 bits per heavy atom. The van der Waals surface area contributed by atoms with Gasteiger partial charge in [0.05, 0.1) is 6.61 Å². The van der Waals surface area contributed by atoms with Gasteiger partial charge >= 0.3 is 0 Å². The van der Waals surface area contributed by atoms with Crippen LogP contribution < -0.4 is 10.2 Å². The number of ether oxygens (including phenoxy) is 1. The fraction of sp³-hybridized carbons (Fsp3) is 0.625. The molecule has 1 heterocycles. The highest BCUT2D eigenvalue weighted by Gasteiger charge is 2.29. The highest BCUT2D eigenvalue weighted by molar-refractivity contribution is 5.54. The lowest BCUT2D eigenvalue weighted by molar-refractivity contribution is 0.202. The highest BCUT2D eigenvalue weighted by Crippen LogP contribution is 2.25. The quantitative estimate of drug-likeness (QED) is 0.882. The summed E-state index contributed by atoms with van der Waals surface area (Å²) in [7, 11) is 1.77. The lowest BCUT2D eigenvalue weighted by Gasteiger charge is -2.43. The maximum Gasteiger partial charge on any atom is 0.0503 e. The Bertz CT molecular complexity index is 407. The minimum Gasteiger partial charge on any atom is -0.384 e. The van der Waals surface area contributed by atoms with E-state index in [-0.39, 0.29) is 5.54 Å². The molecular formula is C16H26N2O. The normalized spacial score (nSPS) is 23.6. The molecule has 3 nitrogen and oxygen atoms in total. The lowest BCUT2D eigenvalue weighted by Crippen LogP contribution is -2.58. The van der Waals surface area contributed by atoms with Crippen molar-refractivity contribution in [2.75, 3.05) is 38.3 Å². The van der Waals surface area contributed by atoms with Gasteiger partial charge in [0.25, 0.3) is 0 Å². The summed E-state index contributed by atoms with van der Waals surface area (Å²) < 4.78 is 5.22. The molecule has 0 aromatic heterocycles. The fourth-order valence-corrected chi connectivity index (χ4v) is 2.73. The molecule has 1 aromatic carbocycles. The van der Waals surface area contributed by atoms with Gasteiger partial charge in [-0.15, -0.1) is 0 Å². The smallest absolute Gasteiger partial charge is 0.0503 e. The van der Waals surface area contributed by atoms with Gasteiger partial charge < -0.3 is 15.0 Å². The largest absolute Gasteiger partial charge is 0.384 e. The topological polar surface area (TPSA) is 24.5 Å². The molecule has 0 radical (unpaired) electrons. The fourth-order valence-electron chi connectivity index (χ4n) is 2.73. The number of anilines is 1. The Balaban J connectivity index is 2.16. The molecular weight excluding hydrogens is 236 g/mol. The van der Waals surface area contributed by atoms with Crippen LogP contribution in [-0.4, -0.2) is 38.9 Å². The monoisotopic (exact) mass is 262 g/mol. The first-order valence-corrected chi connectivity index (χ1v) is 7.25. The molecule has 1 saturated heterocycles. The Morgan fingerprint density at radius 1 is 1.37 bits per heavy atom. The summed E-state index contributed by atoms with van der Waals surface area (Å²) in [6, 6.07) is 8.72. The number of piperazine rings is 1. The van der Waals surface area contributed by atoms with Crippen molar-refractivity contribution in [3.63, 3.8) is 0 Å². The highest BCUT2D eigenvalue weighted by atomic mass is 16.5. The summed E-state index contributed by atoms with van der Waals surface area (Å²) >= 11 is 0. The van der Waals surface area contributed by atoms with E-state index in [1.807, 2.05) is 0 Å². The zero-order valence-corrected chi connectivity index (χ0v) is 12.4. The van der Waals surface area contributed by atoms with Crippen LogP contribution in [0.15, 0.2) is 24.3 Å². The third-order valence-electron chi connectivity index (χ3n) is 4.16. The van der Waals surface area contributed by atoms with Gasteiger partial charge in [0.2, 0.25) is 0 Å². The summed E-state index contributed by atoms with van der Waals surface area (Å²) in [5.74, 6) is 0. The van der Waals surface area contributed by atoms with E-state index in [1.165, 1.54) is 11.3 Å². The molecule has 3 heteroatoms. The number of para-hydroxylation sites is 1. The van der Waals surface area contributed by atoms with Gasteiger partial charge in [-0.2, -0.15) is 0 Å². The van der Waals surface area contributed by atoms with Crippen molar-refractivity contribution in [2.24, 2.45) is 0 Å². The molecule has 1 aliphatic heterocycles. The second-order valence-corrected chi connectivity index (χ2v) is 5.63. The van der Waals surface area contributed by atoms with Crippen LogP contribution in [0.5, 0.6) is 0 Å². The predicted octanol–water partition coefficient (Wildman–Crippen LogP) is 2.45. The molecule has 106 valence electrons. The molecule has 2 rings (SSSR count). The second kappa shape index (κ2) is 6.40. The van der Waals surface area contributed by atoms with E-state index in [0.717, 1.165) is 39.1 Å². The van der Waals surface area contributed by atoms with Crippen LogP contribution in [-0.2, 0) is 11.2 Å². The zero-order valence-electron chi connectivity index (χ0n) is 12.4. The summed E-state index contributed by atoms with van der Waals surface area (Å²) in [5.41, 5.74) is 3.00. The molecule has 0 bridgehead atoms. The van der Waals surface area contributed by atoms with Gasteiger partial charge in [-0.3, -0.25) is 0 Å². The Morgan fingerprint density at radius 2 is 2.16 bits per heavy atom. The van der Waals surface area contributed by atoms with Crippen molar-refractivity contribution >= 4 is 5.69 Å². The number of nitrogens with one attached hydrogen (secondary N) is 1. The van der Waals surface area contributed by atoms with E-state index < -0.39 is 0 Å². The van der Waals surface area contributed by atoms with Crippen molar-refractivity contribution in [3.8, 4) is 0 Å². The van der Waals surface area contributed by atoms with E-state index in [0.29, 0.717) is 0 Å². The average Bonchev–Trinajstić information content (AvgIpc) is 2.45. The number of methoxy groups -OCH3 is 1. The van der Waals surface area contributed by atoms with Crippen LogP contribution in [0.2, 0.25) is 0 Å². The molecule has 1 aliphatic rings. The first kappa shape index (κ1) is 14.4. The molecule has 0 aliphatic carbocycles. The van der Waals surface area contributed by atoms with Crippen molar-refractivity contribution < 1.29 is 4.74 Å². The first-order chi connectivity index (χ1) is 9.18.